The molecule has 2 heterocycles. The molecule has 2 N–H and O–H groups in total. The Morgan fingerprint density at radius 1 is 1.18 bits per heavy atom. The molecule has 0 saturated carbocycles. The van der Waals surface area contributed by atoms with Crippen LogP contribution in [0.3, 0.4) is 0 Å². The van der Waals surface area contributed by atoms with Crippen LogP contribution in [0.25, 0.3) is 5.69 Å². The van der Waals surface area contributed by atoms with E-state index in [0.717, 1.165) is 19.2 Å². The van der Waals surface area contributed by atoms with Gasteiger partial charge in [0.05, 0.1) is 11.4 Å². The maximum Gasteiger partial charge on any atom is 0.431 e. The number of hydrogen-bond acceptors (Lipinski definition) is 4. The van der Waals surface area contributed by atoms with E-state index < -0.39 is 40.7 Å². The molecule has 1 aromatic heterocycles. The van der Waals surface area contributed by atoms with Gasteiger partial charge in [0.1, 0.15) is 11.5 Å². The minimum Gasteiger partial charge on any atom is -0.352 e. The SMILES string of the molecule is CC(=O)NC1CCN(C(=O)Nc2cc(-n3c(=O)cc(C(F)(F)F)n(C)c3=O)c(F)cc2Br)C1. The van der Waals surface area contributed by atoms with Crippen LogP contribution in [0, 0.1) is 5.82 Å². The van der Waals surface area contributed by atoms with Crippen LogP contribution >= 0.6 is 15.9 Å². The third-order valence-corrected chi connectivity index (χ3v) is 5.67. The number of likely N-dealkylation sites (tertiary alicyclic amines) is 1. The van der Waals surface area contributed by atoms with Crippen LogP contribution in [-0.4, -0.2) is 45.1 Å². The Labute approximate surface area is 192 Å². The molecule has 14 heteroatoms. The van der Waals surface area contributed by atoms with Crippen molar-refractivity contribution in [3.05, 3.63) is 55.0 Å². The first-order valence-electron chi connectivity index (χ1n) is 9.52. The third kappa shape index (κ3) is 5.10. The summed E-state index contributed by atoms with van der Waals surface area (Å²) in [6, 6.07) is 1.21. The first-order chi connectivity index (χ1) is 15.3. The lowest BCUT2D eigenvalue weighted by Crippen LogP contribution is -2.41. The van der Waals surface area contributed by atoms with Gasteiger partial charge in [0.15, 0.2) is 0 Å². The quantitative estimate of drug-likeness (QED) is 0.587. The highest BCUT2D eigenvalue weighted by Crippen LogP contribution is 2.29. The third-order valence-electron chi connectivity index (χ3n) is 5.01. The van der Waals surface area contributed by atoms with E-state index in [2.05, 4.69) is 26.6 Å². The van der Waals surface area contributed by atoms with Crippen LogP contribution in [0.15, 0.2) is 32.3 Å². The Kier molecular flexibility index (Phi) is 6.68. The lowest BCUT2D eigenvalue weighted by molar-refractivity contribution is -0.144. The predicted octanol–water partition coefficient (Wildman–Crippen LogP) is 2.20. The Morgan fingerprint density at radius 3 is 2.45 bits per heavy atom. The number of rotatable bonds is 3. The number of carbonyl (C=O) groups is 2. The minimum atomic E-state index is -4.96. The van der Waals surface area contributed by atoms with Crippen LogP contribution in [0.4, 0.5) is 28.0 Å². The molecule has 178 valence electrons. The number of hydrogen-bond donors (Lipinski definition) is 2. The molecular formula is C19H18BrF4N5O4. The van der Waals surface area contributed by atoms with E-state index in [1.807, 2.05) is 0 Å². The number of urea groups is 1. The second-order valence-electron chi connectivity index (χ2n) is 7.39. The number of carbonyl (C=O) groups excluding carboxylic acids is 2. The number of anilines is 1. The van der Waals surface area contributed by atoms with Crippen molar-refractivity contribution >= 4 is 33.6 Å². The lowest BCUT2D eigenvalue weighted by atomic mass is 10.2. The Hall–Kier alpha value is -3.16. The summed E-state index contributed by atoms with van der Waals surface area (Å²) in [5, 5.41) is 5.21. The zero-order valence-electron chi connectivity index (χ0n) is 17.3. The summed E-state index contributed by atoms with van der Waals surface area (Å²) in [7, 11) is 0.805. The monoisotopic (exact) mass is 535 g/mol. The molecule has 3 amide bonds. The smallest absolute Gasteiger partial charge is 0.352 e. The van der Waals surface area contributed by atoms with Gasteiger partial charge in [-0.1, -0.05) is 0 Å². The van der Waals surface area contributed by atoms with E-state index in [1.165, 1.54) is 11.8 Å². The second kappa shape index (κ2) is 9.00. The fourth-order valence-corrected chi connectivity index (χ4v) is 3.88. The molecule has 9 nitrogen and oxygen atoms in total. The summed E-state index contributed by atoms with van der Waals surface area (Å²) >= 11 is 3.08. The van der Waals surface area contributed by atoms with Crippen molar-refractivity contribution in [1.82, 2.24) is 19.4 Å². The van der Waals surface area contributed by atoms with E-state index in [4.69, 9.17) is 0 Å². The number of nitrogens with one attached hydrogen (secondary N) is 2. The van der Waals surface area contributed by atoms with E-state index in [9.17, 15) is 36.7 Å². The molecule has 1 unspecified atom stereocenters. The summed E-state index contributed by atoms with van der Waals surface area (Å²) in [6.45, 7) is 1.92. The largest absolute Gasteiger partial charge is 0.431 e. The molecule has 0 bridgehead atoms. The van der Waals surface area contributed by atoms with Crippen molar-refractivity contribution < 1.29 is 27.2 Å². The van der Waals surface area contributed by atoms with E-state index in [1.54, 1.807) is 0 Å². The van der Waals surface area contributed by atoms with Gasteiger partial charge in [0.2, 0.25) is 5.91 Å². The molecule has 1 aliphatic rings. The summed E-state index contributed by atoms with van der Waals surface area (Å²) in [6.07, 6.45) is -4.44. The summed E-state index contributed by atoms with van der Waals surface area (Å²) in [4.78, 5) is 50.0. The second-order valence-corrected chi connectivity index (χ2v) is 8.24. The summed E-state index contributed by atoms with van der Waals surface area (Å²) in [5.74, 6) is -1.32. The molecule has 0 aliphatic carbocycles. The number of halogens is 5. The summed E-state index contributed by atoms with van der Waals surface area (Å²) in [5.41, 5.74) is -4.94. The molecule has 1 aromatic carbocycles. The van der Waals surface area contributed by atoms with E-state index >= 15 is 0 Å². The van der Waals surface area contributed by atoms with Crippen LogP contribution in [-0.2, 0) is 18.0 Å². The molecule has 1 atom stereocenters. The molecule has 1 aliphatic heterocycles. The van der Waals surface area contributed by atoms with Crippen molar-refractivity contribution in [2.75, 3.05) is 18.4 Å². The predicted molar refractivity (Wildman–Crippen MR) is 113 cm³/mol. The van der Waals surface area contributed by atoms with E-state index in [0.29, 0.717) is 13.0 Å². The first-order valence-corrected chi connectivity index (χ1v) is 10.3. The van der Waals surface area contributed by atoms with Crippen molar-refractivity contribution in [3.63, 3.8) is 0 Å². The Balaban J connectivity index is 1.96. The molecule has 33 heavy (non-hydrogen) atoms. The van der Waals surface area contributed by atoms with Crippen LogP contribution < -0.4 is 21.9 Å². The van der Waals surface area contributed by atoms with Gasteiger partial charge in [-0.2, -0.15) is 13.2 Å². The highest BCUT2D eigenvalue weighted by Gasteiger charge is 2.35. The fourth-order valence-electron chi connectivity index (χ4n) is 3.47. The molecule has 1 fully saturated rings. The molecule has 0 spiro atoms. The molecule has 0 radical (unpaired) electrons. The number of nitrogens with zero attached hydrogens (tertiary/aromatic N) is 3. The minimum absolute atomic E-state index is 0.0202. The van der Waals surface area contributed by atoms with Crippen LogP contribution in [0.1, 0.15) is 19.0 Å². The standard InChI is InChI=1S/C19H18BrF4N5O4/c1-9(30)25-10-3-4-28(8-10)17(32)26-13-6-14(12(21)5-11(13)20)29-16(31)7-15(19(22,23)24)27(2)18(29)33/h5-7,10H,3-4,8H2,1-2H3,(H,25,30)(H,26,32). The van der Waals surface area contributed by atoms with Crippen molar-refractivity contribution in [2.45, 2.75) is 25.6 Å². The topological polar surface area (TPSA) is 105 Å². The highest BCUT2D eigenvalue weighted by atomic mass is 79.9. The van der Waals surface area contributed by atoms with Gasteiger partial charge >= 0.3 is 17.9 Å². The molecule has 2 aromatic rings. The molecule has 3 rings (SSSR count). The number of alkyl halides is 3. The highest BCUT2D eigenvalue weighted by molar-refractivity contribution is 9.10. The first kappa shape index (κ1) is 24.5. The van der Waals surface area contributed by atoms with Crippen molar-refractivity contribution in [2.24, 2.45) is 7.05 Å². The van der Waals surface area contributed by atoms with Crippen LogP contribution in [0.5, 0.6) is 0 Å². The van der Waals surface area contributed by atoms with Gasteiger partial charge in [0.25, 0.3) is 5.56 Å². The number of benzene rings is 1. The van der Waals surface area contributed by atoms with Gasteiger partial charge in [0, 0.05) is 43.6 Å². The number of aromatic nitrogens is 2. The lowest BCUT2D eigenvalue weighted by Gasteiger charge is -2.19. The van der Waals surface area contributed by atoms with Gasteiger partial charge in [-0.25, -0.2) is 18.5 Å². The number of amides is 3. The maximum atomic E-state index is 14.6. The van der Waals surface area contributed by atoms with E-state index in [-0.39, 0.29) is 43.9 Å². The zero-order chi connectivity index (χ0) is 24.7. The fraction of sp³-hybridized carbons (Fsp3) is 0.368. The normalized spacial score (nSPS) is 16.1. The van der Waals surface area contributed by atoms with Gasteiger partial charge < -0.3 is 15.5 Å². The van der Waals surface area contributed by atoms with Crippen molar-refractivity contribution in [1.29, 1.82) is 0 Å². The average molecular weight is 536 g/mol. The Bertz CT molecular complexity index is 1240. The summed E-state index contributed by atoms with van der Waals surface area (Å²) < 4.78 is 54.3. The van der Waals surface area contributed by atoms with Gasteiger partial charge in [-0.3, -0.25) is 14.2 Å². The Morgan fingerprint density at radius 2 is 1.85 bits per heavy atom. The van der Waals surface area contributed by atoms with Gasteiger partial charge in [-0.05, 0) is 34.5 Å². The zero-order valence-corrected chi connectivity index (χ0v) is 18.9. The molecule has 1 saturated heterocycles. The van der Waals surface area contributed by atoms with Gasteiger partial charge in [-0.15, -0.1) is 0 Å². The maximum absolute atomic E-state index is 14.6. The molecular weight excluding hydrogens is 518 g/mol. The van der Waals surface area contributed by atoms with Crippen molar-refractivity contribution in [3.8, 4) is 5.69 Å². The van der Waals surface area contributed by atoms with Crippen LogP contribution in [0.2, 0.25) is 0 Å². The average Bonchev–Trinajstić information content (AvgIpc) is 3.15.